The van der Waals surface area contributed by atoms with Crippen molar-refractivity contribution in [2.45, 2.75) is 25.1 Å². The fourth-order valence-corrected chi connectivity index (χ4v) is 2.30. The van der Waals surface area contributed by atoms with E-state index in [1.54, 1.807) is 24.3 Å². The maximum Gasteiger partial charge on any atom is 0.431 e. The Morgan fingerprint density at radius 3 is 2.57 bits per heavy atom. The van der Waals surface area contributed by atoms with E-state index in [1.807, 2.05) is 0 Å². The summed E-state index contributed by atoms with van der Waals surface area (Å²) in [6.45, 7) is 0. The third-order valence-electron chi connectivity index (χ3n) is 3.05. The zero-order valence-electron chi connectivity index (χ0n) is 11.0. The monoisotopic (exact) mass is 364 g/mol. The van der Waals surface area contributed by atoms with Gasteiger partial charge in [0.25, 0.3) is 0 Å². The van der Waals surface area contributed by atoms with Gasteiger partial charge in [0.15, 0.2) is 0 Å². The molecule has 0 N–H and O–H groups in total. The summed E-state index contributed by atoms with van der Waals surface area (Å²) in [6.07, 6.45) is -5.00. The van der Waals surface area contributed by atoms with Crippen molar-refractivity contribution in [2.75, 3.05) is 12.1 Å². The number of nitrogens with zero attached hydrogens (tertiary/aromatic N) is 2. The summed E-state index contributed by atoms with van der Waals surface area (Å²) < 4.78 is 43.8. The number of carbonyl (C=O) groups excluding carboxylic acids is 1. The summed E-state index contributed by atoms with van der Waals surface area (Å²) in [5, 5.41) is 4.86. The lowest BCUT2D eigenvalue weighted by Gasteiger charge is -2.22. The van der Waals surface area contributed by atoms with Crippen LogP contribution < -0.4 is 5.01 Å². The molecule has 1 aromatic carbocycles. The normalized spacial score (nSPS) is 18.6. The first-order valence-electron chi connectivity index (χ1n) is 6.07. The summed E-state index contributed by atoms with van der Waals surface area (Å²) in [4.78, 5) is 11.4. The van der Waals surface area contributed by atoms with Gasteiger partial charge >= 0.3 is 12.1 Å². The second-order valence-electron chi connectivity index (χ2n) is 4.50. The predicted molar refractivity (Wildman–Crippen MR) is 75.1 cm³/mol. The van der Waals surface area contributed by atoms with Crippen molar-refractivity contribution in [1.82, 2.24) is 0 Å². The summed E-state index contributed by atoms with van der Waals surface area (Å²) in [7, 11) is 1.20. The molecule has 0 fully saturated rings. The molecule has 1 atom stereocenters. The van der Waals surface area contributed by atoms with Crippen LogP contribution in [0.2, 0.25) is 0 Å². The Bertz CT molecular complexity index is 558. The van der Waals surface area contributed by atoms with Crippen molar-refractivity contribution in [3.8, 4) is 0 Å². The molecule has 0 radical (unpaired) electrons. The molecular formula is C13H12BrF3N2O2. The minimum absolute atomic E-state index is 0.157. The third-order valence-corrected chi connectivity index (χ3v) is 3.58. The van der Waals surface area contributed by atoms with E-state index < -0.39 is 23.9 Å². The number of anilines is 1. The molecule has 21 heavy (non-hydrogen) atoms. The van der Waals surface area contributed by atoms with E-state index in [0.29, 0.717) is 5.69 Å². The molecule has 0 aliphatic carbocycles. The van der Waals surface area contributed by atoms with Gasteiger partial charge in [-0.3, -0.25) is 9.80 Å². The Labute approximate surface area is 127 Å². The van der Waals surface area contributed by atoms with Gasteiger partial charge in [-0.15, -0.1) is 0 Å². The molecule has 1 unspecified atom stereocenters. The molecule has 0 aromatic heterocycles. The largest absolute Gasteiger partial charge is 0.469 e. The first-order valence-corrected chi connectivity index (χ1v) is 6.87. The average molecular weight is 365 g/mol. The van der Waals surface area contributed by atoms with Crippen LogP contribution >= 0.6 is 15.9 Å². The van der Waals surface area contributed by atoms with Crippen LogP contribution in [0.1, 0.15) is 12.8 Å². The zero-order chi connectivity index (χ0) is 15.6. The van der Waals surface area contributed by atoms with E-state index in [-0.39, 0.29) is 12.8 Å². The number of hydrogen-bond donors (Lipinski definition) is 0. The number of ether oxygens (including phenoxy) is 1. The van der Waals surface area contributed by atoms with Crippen molar-refractivity contribution in [3.05, 3.63) is 28.7 Å². The fraction of sp³-hybridized carbons (Fsp3) is 0.385. The topological polar surface area (TPSA) is 41.9 Å². The SMILES string of the molecule is COC(=O)CC1CC(C(F)(F)F)=NN1c1ccc(Br)cc1. The van der Waals surface area contributed by atoms with Gasteiger partial charge in [0.2, 0.25) is 0 Å². The van der Waals surface area contributed by atoms with E-state index in [0.717, 1.165) is 4.47 Å². The van der Waals surface area contributed by atoms with Crippen LogP contribution in [-0.2, 0) is 9.53 Å². The highest BCUT2D eigenvalue weighted by molar-refractivity contribution is 9.10. The standard InChI is InChI=1S/C13H12BrF3N2O2/c1-21-12(20)7-10-6-11(13(15,16)17)18-19(10)9-4-2-8(14)3-5-9/h2-5,10H,6-7H2,1H3. The van der Waals surface area contributed by atoms with Crippen molar-refractivity contribution >= 4 is 33.3 Å². The number of rotatable bonds is 3. The highest BCUT2D eigenvalue weighted by Gasteiger charge is 2.43. The Kier molecular flexibility index (Phi) is 4.55. The van der Waals surface area contributed by atoms with Crippen molar-refractivity contribution in [2.24, 2.45) is 5.10 Å². The molecule has 0 saturated carbocycles. The van der Waals surface area contributed by atoms with Crippen molar-refractivity contribution in [1.29, 1.82) is 0 Å². The smallest absolute Gasteiger partial charge is 0.431 e. The van der Waals surface area contributed by atoms with Crippen LogP contribution in [0.15, 0.2) is 33.8 Å². The summed E-state index contributed by atoms with van der Waals surface area (Å²) >= 11 is 3.26. The molecule has 0 bridgehead atoms. The van der Waals surface area contributed by atoms with Crippen LogP contribution in [0, 0.1) is 0 Å². The highest BCUT2D eigenvalue weighted by atomic mass is 79.9. The predicted octanol–water partition coefficient (Wildman–Crippen LogP) is 3.51. The van der Waals surface area contributed by atoms with Gasteiger partial charge in [0.05, 0.1) is 25.3 Å². The van der Waals surface area contributed by atoms with E-state index in [4.69, 9.17) is 0 Å². The quantitative estimate of drug-likeness (QED) is 0.770. The fourth-order valence-electron chi connectivity index (χ4n) is 2.03. The number of benzene rings is 1. The molecule has 114 valence electrons. The maximum absolute atomic E-state index is 12.8. The van der Waals surface area contributed by atoms with Crippen LogP contribution in [-0.4, -0.2) is 31.0 Å². The van der Waals surface area contributed by atoms with Gasteiger partial charge < -0.3 is 4.74 Å². The number of halogens is 4. The second kappa shape index (κ2) is 6.05. The van der Waals surface area contributed by atoms with E-state index in [9.17, 15) is 18.0 Å². The Morgan fingerprint density at radius 1 is 1.43 bits per heavy atom. The Balaban J connectivity index is 2.29. The van der Waals surface area contributed by atoms with Gasteiger partial charge in [-0.2, -0.15) is 18.3 Å². The molecular weight excluding hydrogens is 353 g/mol. The number of hydrazone groups is 1. The van der Waals surface area contributed by atoms with Gasteiger partial charge in [0.1, 0.15) is 5.71 Å². The minimum atomic E-state index is -4.50. The molecule has 8 heteroatoms. The second-order valence-corrected chi connectivity index (χ2v) is 5.42. The minimum Gasteiger partial charge on any atom is -0.469 e. The third kappa shape index (κ3) is 3.75. The van der Waals surface area contributed by atoms with E-state index in [2.05, 4.69) is 25.8 Å². The molecule has 1 aromatic rings. The molecule has 0 saturated heterocycles. The van der Waals surface area contributed by atoms with Gasteiger partial charge in [-0.05, 0) is 24.3 Å². The molecule has 2 rings (SSSR count). The van der Waals surface area contributed by atoms with Crippen molar-refractivity contribution in [3.63, 3.8) is 0 Å². The van der Waals surface area contributed by atoms with Crippen LogP contribution in [0.3, 0.4) is 0 Å². The maximum atomic E-state index is 12.8. The van der Waals surface area contributed by atoms with Crippen molar-refractivity contribution < 1.29 is 22.7 Å². The lowest BCUT2D eigenvalue weighted by Crippen LogP contribution is -2.30. The first kappa shape index (κ1) is 15.8. The van der Waals surface area contributed by atoms with Gasteiger partial charge in [0, 0.05) is 10.9 Å². The average Bonchev–Trinajstić information content (AvgIpc) is 2.83. The highest BCUT2D eigenvalue weighted by Crippen LogP contribution is 2.33. The number of esters is 1. The number of methoxy groups -OCH3 is 1. The summed E-state index contributed by atoms with van der Waals surface area (Å²) in [5.74, 6) is -0.569. The van der Waals surface area contributed by atoms with Crippen LogP contribution in [0.5, 0.6) is 0 Å². The lowest BCUT2D eigenvalue weighted by atomic mass is 10.1. The van der Waals surface area contributed by atoms with E-state index >= 15 is 0 Å². The zero-order valence-corrected chi connectivity index (χ0v) is 12.6. The number of alkyl halides is 3. The molecule has 1 aliphatic heterocycles. The van der Waals surface area contributed by atoms with Gasteiger partial charge in [-0.25, -0.2) is 0 Å². The lowest BCUT2D eigenvalue weighted by molar-refractivity contribution is -0.141. The molecule has 0 spiro atoms. The number of carbonyl (C=O) groups is 1. The molecule has 1 aliphatic rings. The first-order chi connectivity index (χ1) is 9.81. The molecule has 0 amide bonds. The molecule has 4 nitrogen and oxygen atoms in total. The molecule has 1 heterocycles. The van der Waals surface area contributed by atoms with E-state index in [1.165, 1.54) is 12.1 Å². The number of hydrogen-bond acceptors (Lipinski definition) is 4. The van der Waals surface area contributed by atoms with Gasteiger partial charge in [-0.1, -0.05) is 15.9 Å². The Morgan fingerprint density at radius 2 is 2.05 bits per heavy atom. The van der Waals surface area contributed by atoms with Crippen LogP contribution in [0.25, 0.3) is 0 Å². The van der Waals surface area contributed by atoms with Crippen LogP contribution in [0.4, 0.5) is 18.9 Å². The Hall–Kier alpha value is -1.57. The summed E-state index contributed by atoms with van der Waals surface area (Å²) in [6, 6.07) is 5.97. The summed E-state index contributed by atoms with van der Waals surface area (Å²) in [5.41, 5.74) is -0.398.